The molecule has 0 fully saturated rings. The zero-order valence-electron chi connectivity index (χ0n) is 21.1. The Morgan fingerprint density at radius 3 is 2.46 bits per heavy atom. The van der Waals surface area contributed by atoms with Crippen LogP contribution in [-0.4, -0.2) is 40.6 Å². The van der Waals surface area contributed by atoms with Crippen LogP contribution in [0.25, 0.3) is 28.0 Å². The van der Waals surface area contributed by atoms with Gasteiger partial charge in [0.15, 0.2) is 5.65 Å². The molecule has 0 aliphatic carbocycles. The first-order valence-electron chi connectivity index (χ1n) is 12.1. The lowest BCUT2D eigenvalue weighted by molar-refractivity contribution is 0.103. The number of hydrogen-bond donors (Lipinski definition) is 3. The van der Waals surface area contributed by atoms with Gasteiger partial charge in [-0.3, -0.25) is 14.2 Å². The number of rotatable bonds is 8. The molecule has 0 radical (unpaired) electrons. The van der Waals surface area contributed by atoms with Gasteiger partial charge in [-0.1, -0.05) is 24.3 Å². The molecule has 0 bridgehead atoms. The van der Waals surface area contributed by atoms with E-state index in [0.29, 0.717) is 40.3 Å². The molecule has 0 aliphatic rings. The Kier molecular flexibility index (Phi) is 7.44. The predicted octanol–water partition coefficient (Wildman–Crippen LogP) is 4.98. The second-order valence-corrected chi connectivity index (χ2v) is 9.60. The molecular weight excluding hydrogens is 522 g/mol. The van der Waals surface area contributed by atoms with Gasteiger partial charge in [0.05, 0.1) is 10.6 Å². The van der Waals surface area contributed by atoms with Crippen molar-refractivity contribution in [1.29, 1.82) is 0 Å². The Bertz CT molecular complexity index is 1720. The number of amides is 1. The van der Waals surface area contributed by atoms with E-state index in [4.69, 9.17) is 4.98 Å². The van der Waals surface area contributed by atoms with E-state index in [-0.39, 0.29) is 17.5 Å². The highest BCUT2D eigenvalue weighted by Gasteiger charge is 2.21. The molecule has 5 rings (SSSR count). The number of thiophene rings is 1. The largest absolute Gasteiger partial charge is 0.353 e. The van der Waals surface area contributed by atoms with Crippen LogP contribution in [-0.2, 0) is 0 Å². The summed E-state index contributed by atoms with van der Waals surface area (Å²) in [4.78, 5) is 35.5. The van der Waals surface area contributed by atoms with Crippen LogP contribution in [0.1, 0.15) is 15.2 Å². The Morgan fingerprint density at radius 2 is 1.74 bits per heavy atom. The number of anilines is 2. The number of pyridine rings is 1. The van der Waals surface area contributed by atoms with E-state index in [2.05, 4.69) is 20.9 Å². The Morgan fingerprint density at radius 1 is 0.974 bits per heavy atom. The third kappa shape index (κ3) is 5.14. The zero-order valence-corrected chi connectivity index (χ0v) is 21.9. The number of aromatic nitrogens is 3. The van der Waals surface area contributed by atoms with Crippen LogP contribution in [0.5, 0.6) is 0 Å². The molecule has 0 unspecified atom stereocenters. The summed E-state index contributed by atoms with van der Waals surface area (Å²) >= 11 is 1.33. The highest BCUT2D eigenvalue weighted by Crippen LogP contribution is 2.33. The predicted molar refractivity (Wildman–Crippen MR) is 150 cm³/mol. The van der Waals surface area contributed by atoms with Gasteiger partial charge in [0.1, 0.15) is 17.3 Å². The van der Waals surface area contributed by atoms with Gasteiger partial charge in [-0.15, -0.1) is 11.3 Å². The first-order valence-corrected chi connectivity index (χ1v) is 13.0. The number of nitrogens with zero attached hydrogens (tertiary/aromatic N) is 3. The summed E-state index contributed by atoms with van der Waals surface area (Å²) in [6, 6.07) is 15.1. The molecule has 0 spiro atoms. The maximum absolute atomic E-state index is 14.9. The molecule has 1 amide bonds. The maximum atomic E-state index is 14.9. The van der Waals surface area contributed by atoms with Gasteiger partial charge in [-0.2, -0.15) is 4.98 Å². The molecule has 5 aromatic rings. The van der Waals surface area contributed by atoms with E-state index in [1.54, 1.807) is 31.3 Å². The van der Waals surface area contributed by atoms with Gasteiger partial charge < -0.3 is 16.0 Å². The summed E-state index contributed by atoms with van der Waals surface area (Å²) in [5.41, 5.74) is 1.26. The van der Waals surface area contributed by atoms with Gasteiger partial charge >= 0.3 is 0 Å². The van der Waals surface area contributed by atoms with E-state index < -0.39 is 22.9 Å². The lowest BCUT2D eigenvalue weighted by Gasteiger charge is -2.17. The zero-order chi connectivity index (χ0) is 27.5. The first-order chi connectivity index (χ1) is 18.9. The lowest BCUT2D eigenvalue weighted by atomic mass is 10.0. The number of carbonyl (C=O) groups is 1. The van der Waals surface area contributed by atoms with E-state index in [0.717, 1.165) is 22.3 Å². The molecule has 0 atom stereocenters. The molecule has 198 valence electrons. The molecular formula is C28H24F2N6O2S. The van der Waals surface area contributed by atoms with Crippen LogP contribution >= 0.6 is 11.3 Å². The smallest absolute Gasteiger partial charge is 0.265 e. The molecule has 0 saturated heterocycles. The number of likely N-dealkylation sites (N-methyl/N-ethyl adjacent to an activating group) is 1. The normalized spacial score (nSPS) is 11.1. The van der Waals surface area contributed by atoms with Crippen molar-refractivity contribution in [3.8, 4) is 16.9 Å². The molecule has 0 aliphatic heterocycles. The van der Waals surface area contributed by atoms with E-state index in [9.17, 15) is 18.4 Å². The van der Waals surface area contributed by atoms with Crippen molar-refractivity contribution in [1.82, 2.24) is 19.9 Å². The minimum absolute atomic E-state index is 0.0379. The van der Waals surface area contributed by atoms with Crippen LogP contribution in [0.15, 0.2) is 70.8 Å². The number of fused-ring (bicyclic) bond motifs is 1. The van der Waals surface area contributed by atoms with Crippen molar-refractivity contribution in [2.45, 2.75) is 6.92 Å². The molecule has 11 heteroatoms. The average molecular weight is 547 g/mol. The van der Waals surface area contributed by atoms with E-state index in [1.165, 1.54) is 29.5 Å². The van der Waals surface area contributed by atoms with Crippen LogP contribution in [0.3, 0.4) is 0 Å². The van der Waals surface area contributed by atoms with Gasteiger partial charge in [0.25, 0.3) is 11.5 Å². The Hall–Kier alpha value is -4.48. The second kappa shape index (κ2) is 11.1. The SMILES string of the molecule is CNCCNc1nc(-c2cccc(NC(=O)c3cccs3)c2C)c2ccc(=O)n(-c3c(F)cccc3F)c2n1. The fraction of sp³-hybridized carbons (Fsp3) is 0.143. The topological polar surface area (TPSA) is 101 Å². The van der Waals surface area contributed by atoms with Crippen molar-refractivity contribution >= 4 is 39.9 Å². The fourth-order valence-electron chi connectivity index (χ4n) is 4.24. The summed E-state index contributed by atoms with van der Waals surface area (Å²) in [6.07, 6.45) is 0. The first kappa shape index (κ1) is 26.1. The number of hydrogen-bond acceptors (Lipinski definition) is 7. The summed E-state index contributed by atoms with van der Waals surface area (Å²) < 4.78 is 30.7. The van der Waals surface area contributed by atoms with Crippen LogP contribution < -0.4 is 21.5 Å². The minimum Gasteiger partial charge on any atom is -0.353 e. The number of benzene rings is 2. The quantitative estimate of drug-likeness (QED) is 0.238. The number of carbonyl (C=O) groups excluding carboxylic acids is 1. The minimum atomic E-state index is -0.899. The standard InChI is InChI=1S/C28H24F2N6O2S/c1-16-17(6-3-9-21(16)33-27(38)22-10-5-15-39-22)24-18-11-12-23(37)36(25-19(29)7-4-8-20(25)30)26(18)35-28(34-24)32-14-13-31-2/h3-12,15,31H,13-14H2,1-2H3,(H,33,38)(H,32,34,35). The summed E-state index contributed by atoms with van der Waals surface area (Å²) in [5, 5.41) is 11.3. The summed E-state index contributed by atoms with van der Waals surface area (Å²) in [5.74, 6) is -1.86. The second-order valence-electron chi connectivity index (χ2n) is 8.65. The van der Waals surface area contributed by atoms with Crippen molar-refractivity contribution < 1.29 is 13.6 Å². The summed E-state index contributed by atoms with van der Waals surface area (Å²) in [6.45, 7) is 2.90. The highest BCUT2D eigenvalue weighted by atomic mass is 32.1. The van der Waals surface area contributed by atoms with Crippen molar-refractivity contribution in [3.63, 3.8) is 0 Å². The highest BCUT2D eigenvalue weighted by molar-refractivity contribution is 7.12. The third-order valence-corrected chi connectivity index (χ3v) is 7.02. The van der Waals surface area contributed by atoms with E-state index in [1.807, 2.05) is 18.4 Å². The van der Waals surface area contributed by atoms with E-state index >= 15 is 0 Å². The molecule has 8 nitrogen and oxygen atoms in total. The monoisotopic (exact) mass is 546 g/mol. The van der Waals surface area contributed by atoms with Crippen molar-refractivity contribution in [3.05, 3.63) is 98.5 Å². The fourth-order valence-corrected chi connectivity index (χ4v) is 4.86. The lowest BCUT2D eigenvalue weighted by Crippen LogP contribution is -2.23. The number of para-hydroxylation sites is 1. The molecule has 2 aromatic carbocycles. The third-order valence-electron chi connectivity index (χ3n) is 6.15. The molecule has 3 N–H and O–H groups in total. The number of nitrogens with one attached hydrogen (secondary N) is 3. The van der Waals surface area contributed by atoms with Gasteiger partial charge in [0.2, 0.25) is 5.95 Å². The maximum Gasteiger partial charge on any atom is 0.265 e. The van der Waals surface area contributed by atoms with Crippen LogP contribution in [0.4, 0.5) is 20.4 Å². The average Bonchev–Trinajstić information content (AvgIpc) is 3.46. The Labute approximate surface area is 226 Å². The van der Waals surface area contributed by atoms with Crippen molar-refractivity contribution in [2.75, 3.05) is 30.8 Å². The van der Waals surface area contributed by atoms with Crippen molar-refractivity contribution in [2.24, 2.45) is 0 Å². The molecule has 3 heterocycles. The summed E-state index contributed by atoms with van der Waals surface area (Å²) in [7, 11) is 1.80. The molecule has 3 aromatic heterocycles. The van der Waals surface area contributed by atoms with Crippen LogP contribution in [0.2, 0.25) is 0 Å². The molecule has 39 heavy (non-hydrogen) atoms. The van der Waals surface area contributed by atoms with Gasteiger partial charge in [0, 0.05) is 35.8 Å². The van der Waals surface area contributed by atoms with Crippen LogP contribution in [0, 0.1) is 18.6 Å². The number of halogens is 2. The molecule has 0 saturated carbocycles. The van der Waals surface area contributed by atoms with Gasteiger partial charge in [-0.05, 0) is 55.2 Å². The Balaban J connectivity index is 1.73. The van der Waals surface area contributed by atoms with Gasteiger partial charge in [-0.25, -0.2) is 13.8 Å².